The Balaban J connectivity index is 0.000000225. The lowest BCUT2D eigenvalue weighted by molar-refractivity contribution is 0.0375. The fraction of sp³-hybridized carbons (Fsp3) is 0. The number of halogens is 6. The van der Waals surface area contributed by atoms with Crippen LogP contribution in [0.15, 0.2) is 84.9 Å². The number of benzene rings is 4. The molecule has 0 aliphatic carbocycles. The number of rotatable bonds is 4. The molecule has 0 heterocycles. The fourth-order valence-corrected chi connectivity index (χ4v) is 2.91. The molecule has 0 saturated heterocycles. The van der Waals surface area contributed by atoms with E-state index in [4.69, 9.17) is 0 Å². The third kappa shape index (κ3) is 6.98. The lowest BCUT2D eigenvalue weighted by atomic mass is 10.1. The molecule has 4 aromatic rings. The summed E-state index contributed by atoms with van der Waals surface area (Å²) in [6, 6.07) is 19.8. The zero-order valence-electron chi connectivity index (χ0n) is 19.8. The number of hydrogen-bond acceptors (Lipinski definition) is 6. The van der Waals surface area contributed by atoms with Gasteiger partial charge in [0.2, 0.25) is 5.82 Å². The highest BCUT2D eigenvalue weighted by Crippen LogP contribution is 2.24. The standard InChI is InChI=1S/C14H5F5O3.C14H9FO3/c15-8-7(9(16)11(18)12(19)10(8)17)14(21)22-13(20)6-4-2-1-3-5-6;15-12-8-6-11(7-9-12)14(17)18-13(16)10-4-2-1-3-5-10/h1-5H;1-9H. The smallest absolute Gasteiger partial charge is 0.352 e. The first kappa shape index (κ1) is 29.3. The van der Waals surface area contributed by atoms with Crippen molar-refractivity contribution in [2.45, 2.75) is 0 Å². The molecular weight excluding hydrogens is 546 g/mol. The SMILES string of the molecule is O=C(OC(=O)c1c(F)c(F)c(F)c(F)c1F)c1ccccc1.O=C(OC(=O)c1ccc(F)cc1)c1ccccc1. The monoisotopic (exact) mass is 560 g/mol. The predicted molar refractivity (Wildman–Crippen MR) is 125 cm³/mol. The van der Waals surface area contributed by atoms with Crippen LogP contribution in [0, 0.1) is 34.9 Å². The second kappa shape index (κ2) is 13.0. The minimum atomic E-state index is -2.42. The fourth-order valence-electron chi connectivity index (χ4n) is 2.91. The first-order chi connectivity index (χ1) is 19.0. The summed E-state index contributed by atoms with van der Waals surface area (Å²) in [5.41, 5.74) is -1.56. The van der Waals surface area contributed by atoms with Gasteiger partial charge in [-0.25, -0.2) is 45.5 Å². The highest BCUT2D eigenvalue weighted by Gasteiger charge is 2.32. The number of carbonyl (C=O) groups is 4. The molecule has 4 rings (SSSR count). The highest BCUT2D eigenvalue weighted by molar-refractivity contribution is 6.03. The molecule has 0 fully saturated rings. The summed E-state index contributed by atoms with van der Waals surface area (Å²) in [7, 11) is 0. The topological polar surface area (TPSA) is 86.7 Å². The van der Waals surface area contributed by atoms with Crippen LogP contribution in [-0.2, 0) is 9.47 Å². The molecule has 4 aromatic carbocycles. The van der Waals surface area contributed by atoms with Crippen molar-refractivity contribution in [2.75, 3.05) is 0 Å². The van der Waals surface area contributed by atoms with Gasteiger partial charge in [-0.15, -0.1) is 0 Å². The summed E-state index contributed by atoms with van der Waals surface area (Å²) >= 11 is 0. The van der Waals surface area contributed by atoms with Gasteiger partial charge in [0.15, 0.2) is 23.3 Å². The molecule has 12 heteroatoms. The summed E-state index contributed by atoms with van der Waals surface area (Å²) < 4.78 is 87.0. The summed E-state index contributed by atoms with van der Waals surface area (Å²) in [6.07, 6.45) is 0. The molecule has 204 valence electrons. The average molecular weight is 560 g/mol. The average Bonchev–Trinajstić information content (AvgIpc) is 2.96. The van der Waals surface area contributed by atoms with Gasteiger partial charge in [0.05, 0.1) is 16.7 Å². The molecule has 0 bridgehead atoms. The van der Waals surface area contributed by atoms with Crippen molar-refractivity contribution in [1.82, 2.24) is 0 Å². The molecule has 40 heavy (non-hydrogen) atoms. The van der Waals surface area contributed by atoms with Crippen LogP contribution in [0.5, 0.6) is 0 Å². The van der Waals surface area contributed by atoms with Crippen LogP contribution >= 0.6 is 0 Å². The molecule has 0 atom stereocenters. The first-order valence-electron chi connectivity index (χ1n) is 10.9. The van der Waals surface area contributed by atoms with E-state index >= 15 is 0 Å². The minimum Gasteiger partial charge on any atom is -0.386 e. The summed E-state index contributed by atoms with van der Waals surface area (Å²) in [5, 5.41) is 0. The van der Waals surface area contributed by atoms with E-state index < -0.39 is 64.3 Å². The van der Waals surface area contributed by atoms with E-state index in [0.717, 1.165) is 12.1 Å². The quantitative estimate of drug-likeness (QED) is 0.0971. The minimum absolute atomic E-state index is 0.126. The van der Waals surface area contributed by atoms with Gasteiger partial charge in [-0.05, 0) is 48.5 Å². The molecule has 0 saturated carbocycles. The third-order valence-corrected chi connectivity index (χ3v) is 4.88. The Labute approximate surface area is 221 Å². The van der Waals surface area contributed by atoms with Gasteiger partial charge in [-0.3, -0.25) is 0 Å². The van der Waals surface area contributed by atoms with Crippen LogP contribution < -0.4 is 0 Å². The molecular formula is C28H14F6O6. The van der Waals surface area contributed by atoms with E-state index in [1.54, 1.807) is 36.4 Å². The molecule has 0 aliphatic heterocycles. The highest BCUT2D eigenvalue weighted by atomic mass is 19.2. The molecule has 0 amide bonds. The van der Waals surface area contributed by atoms with Gasteiger partial charge >= 0.3 is 23.9 Å². The zero-order valence-corrected chi connectivity index (χ0v) is 19.8. The van der Waals surface area contributed by atoms with Crippen LogP contribution in [0.2, 0.25) is 0 Å². The summed E-state index contributed by atoms with van der Waals surface area (Å²) in [6.45, 7) is 0. The maximum atomic E-state index is 13.4. The molecule has 0 aromatic heterocycles. The van der Waals surface area contributed by atoms with E-state index in [0.29, 0.717) is 0 Å². The van der Waals surface area contributed by atoms with E-state index in [2.05, 4.69) is 9.47 Å². The van der Waals surface area contributed by atoms with Gasteiger partial charge in [-0.2, -0.15) is 0 Å². The number of ether oxygens (including phenoxy) is 2. The van der Waals surface area contributed by atoms with Gasteiger partial charge < -0.3 is 9.47 Å². The number of hydrogen-bond donors (Lipinski definition) is 0. The molecule has 0 N–H and O–H groups in total. The Bertz CT molecular complexity index is 1530. The van der Waals surface area contributed by atoms with Gasteiger partial charge in [-0.1, -0.05) is 36.4 Å². The predicted octanol–water partition coefficient (Wildman–Crippen LogP) is 6.20. The van der Waals surface area contributed by atoms with E-state index in [1.807, 2.05) is 0 Å². The summed E-state index contributed by atoms with van der Waals surface area (Å²) in [5.74, 6) is -17.0. The van der Waals surface area contributed by atoms with Crippen molar-refractivity contribution in [2.24, 2.45) is 0 Å². The van der Waals surface area contributed by atoms with E-state index in [-0.39, 0.29) is 16.7 Å². The van der Waals surface area contributed by atoms with Crippen LogP contribution in [0.4, 0.5) is 26.3 Å². The van der Waals surface area contributed by atoms with Crippen molar-refractivity contribution in [3.63, 3.8) is 0 Å². The van der Waals surface area contributed by atoms with Crippen LogP contribution in [0.3, 0.4) is 0 Å². The van der Waals surface area contributed by atoms with Gasteiger partial charge in [0.25, 0.3) is 0 Å². The van der Waals surface area contributed by atoms with Crippen molar-refractivity contribution < 1.29 is 55.0 Å². The molecule has 0 radical (unpaired) electrons. The Hall–Kier alpha value is -5.26. The van der Waals surface area contributed by atoms with Gasteiger partial charge in [0.1, 0.15) is 11.4 Å². The van der Waals surface area contributed by atoms with Crippen LogP contribution in [0.25, 0.3) is 0 Å². The molecule has 6 nitrogen and oxygen atoms in total. The Morgan fingerprint density at radius 2 is 0.725 bits per heavy atom. The van der Waals surface area contributed by atoms with Crippen molar-refractivity contribution in [3.8, 4) is 0 Å². The van der Waals surface area contributed by atoms with Crippen molar-refractivity contribution in [1.29, 1.82) is 0 Å². The second-order valence-electron chi connectivity index (χ2n) is 7.54. The van der Waals surface area contributed by atoms with Gasteiger partial charge in [0, 0.05) is 0 Å². The maximum absolute atomic E-state index is 13.4. The Morgan fingerprint density at radius 3 is 1.12 bits per heavy atom. The Morgan fingerprint density at radius 1 is 0.400 bits per heavy atom. The van der Waals surface area contributed by atoms with Crippen LogP contribution in [0.1, 0.15) is 41.4 Å². The number of esters is 4. The van der Waals surface area contributed by atoms with Crippen LogP contribution in [-0.4, -0.2) is 23.9 Å². The molecule has 0 unspecified atom stereocenters. The lowest BCUT2D eigenvalue weighted by Crippen LogP contribution is -2.18. The molecule has 0 spiro atoms. The maximum Gasteiger partial charge on any atom is 0.352 e. The Kier molecular flexibility index (Phi) is 9.52. The van der Waals surface area contributed by atoms with Crippen molar-refractivity contribution >= 4 is 23.9 Å². The second-order valence-corrected chi connectivity index (χ2v) is 7.54. The van der Waals surface area contributed by atoms with Crippen molar-refractivity contribution in [3.05, 3.63) is 142 Å². The lowest BCUT2D eigenvalue weighted by Gasteiger charge is -2.07. The zero-order chi connectivity index (χ0) is 29.4. The first-order valence-corrected chi connectivity index (χ1v) is 10.9. The number of carbonyl (C=O) groups excluding carboxylic acids is 4. The molecule has 0 aliphatic rings. The largest absolute Gasteiger partial charge is 0.386 e. The third-order valence-electron chi connectivity index (χ3n) is 4.88. The van der Waals surface area contributed by atoms with E-state index in [9.17, 15) is 45.5 Å². The normalized spacial score (nSPS) is 10.2. The summed E-state index contributed by atoms with van der Waals surface area (Å²) in [4.78, 5) is 46.2. The van der Waals surface area contributed by atoms with E-state index in [1.165, 1.54) is 36.4 Å².